The fourth-order valence-electron chi connectivity index (χ4n) is 3.08. The Morgan fingerprint density at radius 2 is 1.76 bits per heavy atom. The normalized spacial score (nSPS) is 15.6. The molecule has 1 fully saturated rings. The highest BCUT2D eigenvalue weighted by Gasteiger charge is 2.23. The molecule has 0 aliphatic heterocycles. The van der Waals surface area contributed by atoms with Crippen LogP contribution < -0.4 is 5.73 Å². The summed E-state index contributed by atoms with van der Waals surface area (Å²) in [6, 6.07) is 12.0. The third-order valence-corrected chi connectivity index (χ3v) is 4.11. The number of rotatable bonds is 2. The first-order chi connectivity index (χ1) is 10.3. The second-order valence-corrected chi connectivity index (χ2v) is 5.50. The lowest BCUT2D eigenvalue weighted by atomic mass is 9.84. The maximum atomic E-state index is 9.61. The molecule has 0 radical (unpaired) electrons. The van der Waals surface area contributed by atoms with Crippen molar-refractivity contribution < 1.29 is 0 Å². The van der Waals surface area contributed by atoms with Crippen LogP contribution in [-0.2, 0) is 0 Å². The SMILES string of the molecule is N#Cc1c(-c2ccccc2)nc(N)nc1C1CCCCC1. The van der Waals surface area contributed by atoms with Crippen molar-refractivity contribution in [2.45, 2.75) is 38.0 Å². The van der Waals surface area contributed by atoms with E-state index in [2.05, 4.69) is 16.0 Å². The number of benzene rings is 1. The molecular formula is C17H18N4. The first kappa shape index (κ1) is 13.6. The van der Waals surface area contributed by atoms with E-state index in [1.807, 2.05) is 30.3 Å². The van der Waals surface area contributed by atoms with Gasteiger partial charge in [0.2, 0.25) is 5.95 Å². The van der Waals surface area contributed by atoms with E-state index in [1.165, 1.54) is 19.3 Å². The Bertz CT molecular complexity index is 667. The number of hydrogen-bond acceptors (Lipinski definition) is 4. The number of hydrogen-bond donors (Lipinski definition) is 1. The van der Waals surface area contributed by atoms with Crippen LogP contribution >= 0.6 is 0 Å². The third kappa shape index (κ3) is 2.73. The molecule has 1 aliphatic rings. The number of nitriles is 1. The summed E-state index contributed by atoms with van der Waals surface area (Å²) in [6.07, 6.45) is 5.82. The molecular weight excluding hydrogens is 260 g/mol. The molecule has 0 bridgehead atoms. The van der Waals surface area contributed by atoms with E-state index < -0.39 is 0 Å². The Labute approximate surface area is 124 Å². The van der Waals surface area contributed by atoms with Crippen LogP contribution in [-0.4, -0.2) is 9.97 Å². The summed E-state index contributed by atoms with van der Waals surface area (Å²) < 4.78 is 0. The molecule has 4 nitrogen and oxygen atoms in total. The van der Waals surface area contributed by atoms with Gasteiger partial charge in [0.05, 0.1) is 11.4 Å². The van der Waals surface area contributed by atoms with Crippen LogP contribution in [0.15, 0.2) is 30.3 Å². The standard InChI is InChI=1S/C17H18N4/c18-11-14-15(12-7-3-1-4-8-12)20-17(19)21-16(14)13-9-5-2-6-10-13/h1,3-4,7-8,13H,2,5-6,9-10H2,(H2,19,20,21). The van der Waals surface area contributed by atoms with Crippen LogP contribution in [0.2, 0.25) is 0 Å². The number of nitrogens with two attached hydrogens (primary N) is 1. The minimum Gasteiger partial charge on any atom is -0.368 e. The van der Waals surface area contributed by atoms with E-state index >= 15 is 0 Å². The molecule has 0 unspecified atom stereocenters. The van der Waals surface area contributed by atoms with Crippen LogP contribution in [0, 0.1) is 11.3 Å². The maximum absolute atomic E-state index is 9.61. The van der Waals surface area contributed by atoms with E-state index in [4.69, 9.17) is 5.73 Å². The summed E-state index contributed by atoms with van der Waals surface area (Å²) in [7, 11) is 0. The van der Waals surface area contributed by atoms with Crippen LogP contribution in [0.25, 0.3) is 11.3 Å². The molecule has 1 aliphatic carbocycles. The molecule has 1 heterocycles. The topological polar surface area (TPSA) is 75.6 Å². The van der Waals surface area contributed by atoms with Crippen molar-refractivity contribution in [3.8, 4) is 17.3 Å². The Morgan fingerprint density at radius 1 is 1.05 bits per heavy atom. The van der Waals surface area contributed by atoms with E-state index in [-0.39, 0.29) is 5.95 Å². The van der Waals surface area contributed by atoms with Gasteiger partial charge < -0.3 is 5.73 Å². The largest absolute Gasteiger partial charge is 0.368 e. The average Bonchev–Trinajstić information content (AvgIpc) is 2.55. The molecule has 1 saturated carbocycles. The summed E-state index contributed by atoms with van der Waals surface area (Å²) in [5.74, 6) is 0.592. The minimum absolute atomic E-state index is 0.258. The highest BCUT2D eigenvalue weighted by molar-refractivity contribution is 5.68. The van der Waals surface area contributed by atoms with E-state index in [0.717, 1.165) is 24.1 Å². The predicted molar refractivity (Wildman–Crippen MR) is 82.4 cm³/mol. The van der Waals surface area contributed by atoms with Crippen LogP contribution in [0.5, 0.6) is 0 Å². The fraction of sp³-hybridized carbons (Fsp3) is 0.353. The van der Waals surface area contributed by atoms with Crippen molar-refractivity contribution in [1.82, 2.24) is 9.97 Å². The highest BCUT2D eigenvalue weighted by atomic mass is 15.0. The average molecular weight is 278 g/mol. The molecule has 0 amide bonds. The van der Waals surface area contributed by atoms with Gasteiger partial charge in [-0.15, -0.1) is 0 Å². The van der Waals surface area contributed by atoms with Crippen molar-refractivity contribution in [3.05, 3.63) is 41.6 Å². The molecule has 0 spiro atoms. The van der Waals surface area contributed by atoms with Gasteiger partial charge in [0.1, 0.15) is 11.6 Å². The smallest absolute Gasteiger partial charge is 0.220 e. The summed E-state index contributed by atoms with van der Waals surface area (Å²) in [5, 5.41) is 9.61. The molecule has 2 N–H and O–H groups in total. The summed E-state index contributed by atoms with van der Waals surface area (Å²) in [5.41, 5.74) is 8.89. The van der Waals surface area contributed by atoms with Crippen molar-refractivity contribution in [2.24, 2.45) is 0 Å². The zero-order valence-electron chi connectivity index (χ0n) is 11.9. The summed E-state index contributed by atoms with van der Waals surface area (Å²) >= 11 is 0. The number of aromatic nitrogens is 2. The molecule has 106 valence electrons. The lowest BCUT2D eigenvalue weighted by molar-refractivity contribution is 0.436. The molecule has 4 heteroatoms. The minimum atomic E-state index is 0.258. The predicted octanol–water partition coefficient (Wildman–Crippen LogP) is 3.65. The second kappa shape index (κ2) is 5.92. The summed E-state index contributed by atoms with van der Waals surface area (Å²) in [6.45, 7) is 0. The molecule has 0 atom stereocenters. The van der Waals surface area contributed by atoms with E-state index in [9.17, 15) is 5.26 Å². The van der Waals surface area contributed by atoms with Gasteiger partial charge in [0.15, 0.2) is 0 Å². The Hall–Kier alpha value is -2.41. The van der Waals surface area contributed by atoms with Gasteiger partial charge >= 0.3 is 0 Å². The summed E-state index contributed by atoms with van der Waals surface area (Å²) in [4.78, 5) is 8.71. The number of nitrogens with zero attached hydrogens (tertiary/aromatic N) is 3. The van der Waals surface area contributed by atoms with Gasteiger partial charge in [-0.25, -0.2) is 9.97 Å². The zero-order chi connectivity index (χ0) is 14.7. The molecule has 0 saturated heterocycles. The van der Waals surface area contributed by atoms with Gasteiger partial charge in [-0.3, -0.25) is 0 Å². The number of anilines is 1. The third-order valence-electron chi connectivity index (χ3n) is 4.11. The van der Waals surface area contributed by atoms with Gasteiger partial charge in [-0.05, 0) is 12.8 Å². The second-order valence-electron chi connectivity index (χ2n) is 5.50. The van der Waals surface area contributed by atoms with Gasteiger partial charge in [0.25, 0.3) is 0 Å². The monoisotopic (exact) mass is 278 g/mol. The quantitative estimate of drug-likeness (QED) is 0.909. The van der Waals surface area contributed by atoms with Gasteiger partial charge in [-0.1, -0.05) is 49.6 Å². The van der Waals surface area contributed by atoms with Crippen molar-refractivity contribution in [1.29, 1.82) is 5.26 Å². The highest BCUT2D eigenvalue weighted by Crippen LogP contribution is 2.36. The van der Waals surface area contributed by atoms with Crippen LogP contribution in [0.3, 0.4) is 0 Å². The van der Waals surface area contributed by atoms with Crippen LogP contribution in [0.1, 0.15) is 49.3 Å². The van der Waals surface area contributed by atoms with Crippen molar-refractivity contribution in [3.63, 3.8) is 0 Å². The van der Waals surface area contributed by atoms with Gasteiger partial charge in [0, 0.05) is 11.5 Å². The van der Waals surface area contributed by atoms with E-state index in [1.54, 1.807) is 0 Å². The molecule has 1 aromatic heterocycles. The van der Waals surface area contributed by atoms with Crippen molar-refractivity contribution in [2.75, 3.05) is 5.73 Å². The first-order valence-corrected chi connectivity index (χ1v) is 7.42. The zero-order valence-corrected chi connectivity index (χ0v) is 11.9. The Balaban J connectivity index is 2.13. The first-order valence-electron chi connectivity index (χ1n) is 7.42. The van der Waals surface area contributed by atoms with Crippen molar-refractivity contribution >= 4 is 5.95 Å². The fourth-order valence-corrected chi connectivity index (χ4v) is 3.08. The lowest BCUT2D eigenvalue weighted by Crippen LogP contribution is -2.12. The maximum Gasteiger partial charge on any atom is 0.220 e. The number of nitrogen functional groups attached to an aromatic ring is 1. The Kier molecular flexibility index (Phi) is 3.83. The van der Waals surface area contributed by atoms with Crippen LogP contribution in [0.4, 0.5) is 5.95 Å². The van der Waals surface area contributed by atoms with E-state index in [0.29, 0.717) is 17.2 Å². The lowest BCUT2D eigenvalue weighted by Gasteiger charge is -2.22. The molecule has 1 aromatic carbocycles. The molecule has 2 aromatic rings. The molecule has 21 heavy (non-hydrogen) atoms. The Morgan fingerprint density at radius 3 is 2.43 bits per heavy atom. The molecule has 3 rings (SSSR count). The van der Waals surface area contributed by atoms with Gasteiger partial charge in [-0.2, -0.15) is 5.26 Å².